The van der Waals surface area contributed by atoms with E-state index in [0.717, 1.165) is 19.4 Å². The van der Waals surface area contributed by atoms with Crippen LogP contribution in [-0.2, 0) is 11.2 Å². The number of rotatable bonds is 7. The average molecular weight is 306 g/mol. The van der Waals surface area contributed by atoms with Crippen molar-refractivity contribution in [1.29, 1.82) is 0 Å². The second kappa shape index (κ2) is 8.79. The summed E-state index contributed by atoms with van der Waals surface area (Å²) < 4.78 is 5.32. The molecule has 1 amide bonds. The Labute approximate surface area is 134 Å². The molecule has 124 valence electrons. The Bertz CT molecular complexity index is 440. The van der Waals surface area contributed by atoms with E-state index in [0.29, 0.717) is 12.6 Å². The molecule has 0 bridgehead atoms. The Hall–Kier alpha value is -1.55. The van der Waals surface area contributed by atoms with Crippen LogP contribution in [0.1, 0.15) is 39.7 Å². The van der Waals surface area contributed by atoms with Crippen LogP contribution in [0.3, 0.4) is 0 Å². The van der Waals surface area contributed by atoms with E-state index in [2.05, 4.69) is 36.5 Å². The number of nitrogens with one attached hydrogen (secondary N) is 1. The van der Waals surface area contributed by atoms with Gasteiger partial charge in [-0.15, -0.1) is 0 Å². The highest BCUT2D eigenvalue weighted by molar-refractivity contribution is 5.67. The van der Waals surface area contributed by atoms with Crippen LogP contribution >= 0.6 is 0 Å². The van der Waals surface area contributed by atoms with Gasteiger partial charge in [-0.2, -0.15) is 0 Å². The third-order valence-electron chi connectivity index (χ3n) is 3.25. The monoisotopic (exact) mass is 306 g/mol. The van der Waals surface area contributed by atoms with Gasteiger partial charge in [0, 0.05) is 19.6 Å². The number of carbonyl (C=O) groups excluding carboxylic acids is 1. The number of benzene rings is 1. The fourth-order valence-electron chi connectivity index (χ4n) is 2.14. The maximum absolute atomic E-state index is 11.8. The van der Waals surface area contributed by atoms with Crippen LogP contribution < -0.4 is 5.32 Å². The first-order valence-corrected chi connectivity index (χ1v) is 7.99. The zero-order valence-corrected chi connectivity index (χ0v) is 14.6. The maximum atomic E-state index is 11.8. The van der Waals surface area contributed by atoms with E-state index >= 15 is 0 Å². The van der Waals surface area contributed by atoms with Crippen LogP contribution in [0.5, 0.6) is 0 Å². The molecule has 1 aromatic carbocycles. The van der Waals surface area contributed by atoms with Gasteiger partial charge in [-0.1, -0.05) is 30.3 Å². The molecule has 1 N–H and O–H groups in total. The normalized spacial score (nSPS) is 12.8. The summed E-state index contributed by atoms with van der Waals surface area (Å²) in [5, 5.41) is 3.49. The van der Waals surface area contributed by atoms with Gasteiger partial charge < -0.3 is 15.0 Å². The molecule has 0 aliphatic carbocycles. The van der Waals surface area contributed by atoms with Gasteiger partial charge in [-0.25, -0.2) is 4.79 Å². The molecule has 0 saturated carbocycles. The summed E-state index contributed by atoms with van der Waals surface area (Å²) in [6.45, 7) is 9.41. The molecule has 1 atom stereocenters. The number of hydrogen-bond acceptors (Lipinski definition) is 3. The lowest BCUT2D eigenvalue weighted by Crippen LogP contribution is -2.36. The lowest BCUT2D eigenvalue weighted by molar-refractivity contribution is 0.0297. The van der Waals surface area contributed by atoms with Gasteiger partial charge >= 0.3 is 6.09 Å². The third-order valence-corrected chi connectivity index (χ3v) is 3.25. The topological polar surface area (TPSA) is 41.6 Å². The first kappa shape index (κ1) is 18.5. The molecular formula is C18H30N2O2. The summed E-state index contributed by atoms with van der Waals surface area (Å²) in [6, 6.07) is 10.9. The smallest absolute Gasteiger partial charge is 0.410 e. The van der Waals surface area contributed by atoms with Crippen LogP contribution in [0.2, 0.25) is 0 Å². The molecule has 4 heteroatoms. The maximum Gasteiger partial charge on any atom is 0.410 e. The predicted molar refractivity (Wildman–Crippen MR) is 91.1 cm³/mol. The van der Waals surface area contributed by atoms with Gasteiger partial charge in [0.05, 0.1) is 0 Å². The summed E-state index contributed by atoms with van der Waals surface area (Å²) in [4.78, 5) is 13.4. The van der Waals surface area contributed by atoms with E-state index in [9.17, 15) is 4.79 Å². The molecule has 22 heavy (non-hydrogen) atoms. The highest BCUT2D eigenvalue weighted by Gasteiger charge is 2.19. The summed E-state index contributed by atoms with van der Waals surface area (Å²) in [7, 11) is 1.78. The van der Waals surface area contributed by atoms with Crippen LogP contribution in [0.25, 0.3) is 0 Å². The molecule has 0 saturated heterocycles. The second-order valence-electron chi connectivity index (χ2n) is 6.80. The predicted octanol–water partition coefficient (Wildman–Crippen LogP) is 3.46. The average Bonchev–Trinajstić information content (AvgIpc) is 2.42. The molecule has 4 nitrogen and oxygen atoms in total. The fraction of sp³-hybridized carbons (Fsp3) is 0.611. The van der Waals surface area contributed by atoms with Crippen molar-refractivity contribution in [2.45, 2.75) is 52.2 Å². The van der Waals surface area contributed by atoms with Gasteiger partial charge in [0.25, 0.3) is 0 Å². The lowest BCUT2D eigenvalue weighted by Gasteiger charge is -2.24. The van der Waals surface area contributed by atoms with E-state index in [1.165, 1.54) is 5.56 Å². The van der Waals surface area contributed by atoms with Crippen LogP contribution in [0.15, 0.2) is 30.3 Å². The number of hydrogen-bond donors (Lipinski definition) is 1. The largest absolute Gasteiger partial charge is 0.444 e. The van der Waals surface area contributed by atoms with E-state index in [-0.39, 0.29) is 6.09 Å². The molecule has 0 aliphatic heterocycles. The van der Waals surface area contributed by atoms with Gasteiger partial charge in [0.15, 0.2) is 0 Å². The molecule has 0 radical (unpaired) electrons. The van der Waals surface area contributed by atoms with Gasteiger partial charge in [0.2, 0.25) is 0 Å². The van der Waals surface area contributed by atoms with Crippen molar-refractivity contribution in [3.05, 3.63) is 35.9 Å². The Kier molecular flexibility index (Phi) is 7.39. The molecule has 1 unspecified atom stereocenters. The van der Waals surface area contributed by atoms with Gasteiger partial charge in [-0.05, 0) is 52.6 Å². The molecule has 0 aromatic heterocycles. The highest BCUT2D eigenvalue weighted by Crippen LogP contribution is 2.09. The third kappa shape index (κ3) is 8.03. The Morgan fingerprint density at radius 1 is 1.27 bits per heavy atom. The SMILES string of the molecule is CC(Cc1ccccc1)NCCCN(C)C(=O)OC(C)(C)C. The van der Waals surface area contributed by atoms with Crippen molar-refractivity contribution in [2.75, 3.05) is 20.1 Å². The first-order chi connectivity index (χ1) is 10.3. The van der Waals surface area contributed by atoms with Crippen molar-refractivity contribution in [3.63, 3.8) is 0 Å². The highest BCUT2D eigenvalue weighted by atomic mass is 16.6. The van der Waals surface area contributed by atoms with Crippen molar-refractivity contribution in [3.8, 4) is 0 Å². The van der Waals surface area contributed by atoms with Crippen LogP contribution in [0.4, 0.5) is 4.79 Å². The zero-order chi connectivity index (χ0) is 16.6. The van der Waals surface area contributed by atoms with Gasteiger partial charge in [0.1, 0.15) is 5.60 Å². The Morgan fingerprint density at radius 3 is 2.50 bits per heavy atom. The number of nitrogens with zero attached hydrogens (tertiary/aromatic N) is 1. The minimum atomic E-state index is -0.437. The summed E-state index contributed by atoms with van der Waals surface area (Å²) in [6.07, 6.45) is 1.67. The van der Waals surface area contributed by atoms with Gasteiger partial charge in [-0.3, -0.25) is 0 Å². The van der Waals surface area contributed by atoms with Crippen molar-refractivity contribution < 1.29 is 9.53 Å². The van der Waals surface area contributed by atoms with Crippen molar-refractivity contribution in [2.24, 2.45) is 0 Å². The standard InChI is InChI=1S/C18H30N2O2/c1-15(14-16-10-7-6-8-11-16)19-12-9-13-20(5)17(21)22-18(2,3)4/h6-8,10-11,15,19H,9,12-14H2,1-5H3. The quantitative estimate of drug-likeness (QED) is 0.784. The molecule has 1 rings (SSSR count). The first-order valence-electron chi connectivity index (χ1n) is 7.99. The molecule has 0 aliphatic rings. The molecular weight excluding hydrogens is 276 g/mol. The van der Waals surface area contributed by atoms with Crippen molar-refractivity contribution in [1.82, 2.24) is 10.2 Å². The van der Waals surface area contributed by atoms with E-state index in [4.69, 9.17) is 4.74 Å². The van der Waals surface area contributed by atoms with E-state index in [1.54, 1.807) is 11.9 Å². The molecule has 0 fully saturated rings. The fourth-order valence-corrected chi connectivity index (χ4v) is 2.14. The molecule has 0 heterocycles. The lowest BCUT2D eigenvalue weighted by atomic mass is 10.1. The molecule has 1 aromatic rings. The minimum absolute atomic E-state index is 0.259. The summed E-state index contributed by atoms with van der Waals surface area (Å²) >= 11 is 0. The Morgan fingerprint density at radius 2 is 1.91 bits per heavy atom. The summed E-state index contributed by atoms with van der Waals surface area (Å²) in [5.74, 6) is 0. The van der Waals surface area contributed by atoms with E-state index in [1.807, 2.05) is 26.8 Å². The summed E-state index contributed by atoms with van der Waals surface area (Å²) in [5.41, 5.74) is 0.904. The number of carbonyl (C=O) groups is 1. The van der Waals surface area contributed by atoms with E-state index < -0.39 is 5.60 Å². The zero-order valence-electron chi connectivity index (χ0n) is 14.6. The second-order valence-corrected chi connectivity index (χ2v) is 6.80. The number of amides is 1. The molecule has 0 spiro atoms. The minimum Gasteiger partial charge on any atom is -0.444 e. The Balaban J connectivity index is 2.18. The van der Waals surface area contributed by atoms with Crippen molar-refractivity contribution >= 4 is 6.09 Å². The van der Waals surface area contributed by atoms with Crippen LogP contribution in [0, 0.1) is 0 Å². The van der Waals surface area contributed by atoms with Crippen LogP contribution in [-0.4, -0.2) is 42.8 Å². The number of ether oxygens (including phenoxy) is 1.